The maximum absolute atomic E-state index is 14.4. The number of nitrogens with zero attached hydrogens (tertiary/aromatic N) is 8. The predicted molar refractivity (Wildman–Crippen MR) is 200 cm³/mol. The van der Waals surface area contributed by atoms with E-state index in [1.807, 2.05) is 60.4 Å². The summed E-state index contributed by atoms with van der Waals surface area (Å²) in [5.74, 6) is 0.804. The zero-order valence-electron chi connectivity index (χ0n) is 29.5. The Labute approximate surface area is 303 Å². The lowest BCUT2D eigenvalue weighted by Crippen LogP contribution is -2.52. The van der Waals surface area contributed by atoms with Crippen LogP contribution in [0.25, 0.3) is 33.5 Å². The number of hydrogen-bond acceptors (Lipinski definition) is 10. The Hall–Kier alpha value is -5.24. The highest BCUT2D eigenvalue weighted by atomic mass is 16.5. The largest absolute Gasteiger partial charge is 0.379 e. The van der Waals surface area contributed by atoms with Gasteiger partial charge in [-0.25, -0.2) is 9.97 Å². The molecule has 268 valence electrons. The van der Waals surface area contributed by atoms with Crippen molar-refractivity contribution in [1.82, 2.24) is 39.8 Å². The molecule has 3 aliphatic heterocycles. The Balaban J connectivity index is 0.918. The molecule has 5 aromatic rings. The minimum absolute atomic E-state index is 0.0171. The molecule has 13 heteroatoms. The van der Waals surface area contributed by atoms with E-state index < -0.39 is 5.41 Å². The summed E-state index contributed by atoms with van der Waals surface area (Å²) in [5, 5.41) is 11.9. The maximum Gasteiger partial charge on any atom is 0.236 e. The van der Waals surface area contributed by atoms with Gasteiger partial charge >= 0.3 is 0 Å². The minimum atomic E-state index is -0.663. The molecule has 8 rings (SSSR count). The van der Waals surface area contributed by atoms with E-state index in [1.54, 1.807) is 18.6 Å². The number of amides is 2. The number of H-pyrrole nitrogens is 1. The van der Waals surface area contributed by atoms with Crippen LogP contribution in [0.5, 0.6) is 0 Å². The van der Waals surface area contributed by atoms with Gasteiger partial charge in [-0.3, -0.25) is 29.5 Å². The maximum atomic E-state index is 14.4. The number of rotatable bonds is 9. The van der Waals surface area contributed by atoms with E-state index in [1.165, 1.54) is 0 Å². The summed E-state index contributed by atoms with van der Waals surface area (Å²) in [5.41, 5.74) is 5.77. The van der Waals surface area contributed by atoms with Gasteiger partial charge in [0.1, 0.15) is 5.69 Å². The number of pyridine rings is 1. The molecule has 2 N–H and O–H groups in total. The van der Waals surface area contributed by atoms with Crippen molar-refractivity contribution in [3.8, 4) is 22.6 Å². The van der Waals surface area contributed by atoms with E-state index in [0.717, 1.165) is 71.0 Å². The number of aryl methyl sites for hydroxylation is 1. The number of likely N-dealkylation sites (tertiary alicyclic amines) is 1. The first-order valence-electron chi connectivity index (χ1n) is 18.1. The average molecular weight is 701 g/mol. The molecule has 0 spiro atoms. The van der Waals surface area contributed by atoms with Gasteiger partial charge in [0, 0.05) is 105 Å². The van der Waals surface area contributed by atoms with Crippen LogP contribution < -0.4 is 10.2 Å². The zero-order valence-corrected chi connectivity index (χ0v) is 29.5. The molecule has 1 atom stereocenters. The van der Waals surface area contributed by atoms with Crippen LogP contribution >= 0.6 is 0 Å². The van der Waals surface area contributed by atoms with Crippen LogP contribution in [0, 0.1) is 12.3 Å². The third-order valence-electron chi connectivity index (χ3n) is 10.6. The molecule has 2 aromatic carbocycles. The number of aromatic amines is 1. The first-order chi connectivity index (χ1) is 25.4. The quantitative estimate of drug-likeness (QED) is 0.234. The number of morpholine rings is 1. The Morgan fingerprint density at radius 2 is 1.63 bits per heavy atom. The van der Waals surface area contributed by atoms with E-state index in [-0.39, 0.29) is 11.8 Å². The van der Waals surface area contributed by atoms with Crippen molar-refractivity contribution >= 4 is 34.1 Å². The van der Waals surface area contributed by atoms with Gasteiger partial charge in [-0.05, 0) is 80.6 Å². The molecule has 6 heterocycles. The van der Waals surface area contributed by atoms with E-state index in [4.69, 9.17) is 4.74 Å². The summed E-state index contributed by atoms with van der Waals surface area (Å²) < 4.78 is 5.62. The molecular formula is C39H44N10O3. The lowest BCUT2D eigenvalue weighted by Gasteiger charge is -2.37. The summed E-state index contributed by atoms with van der Waals surface area (Å²) in [7, 11) is 0. The van der Waals surface area contributed by atoms with Gasteiger partial charge in [-0.15, -0.1) is 0 Å². The van der Waals surface area contributed by atoms with Crippen molar-refractivity contribution in [3.63, 3.8) is 0 Å². The van der Waals surface area contributed by atoms with Crippen LogP contribution in [0.2, 0.25) is 0 Å². The van der Waals surface area contributed by atoms with Crippen LogP contribution in [0.3, 0.4) is 0 Å². The number of aromatic nitrogens is 5. The second-order valence-corrected chi connectivity index (χ2v) is 14.1. The van der Waals surface area contributed by atoms with Crippen LogP contribution in [0.4, 0.5) is 11.4 Å². The molecule has 3 aliphatic rings. The van der Waals surface area contributed by atoms with Gasteiger partial charge in [0.25, 0.3) is 0 Å². The van der Waals surface area contributed by atoms with Crippen LogP contribution in [-0.2, 0) is 14.3 Å². The van der Waals surface area contributed by atoms with Crippen LogP contribution in [0.15, 0.2) is 79.3 Å². The van der Waals surface area contributed by atoms with Gasteiger partial charge in [0.2, 0.25) is 11.8 Å². The van der Waals surface area contributed by atoms with Gasteiger partial charge in [-0.1, -0.05) is 0 Å². The first-order valence-corrected chi connectivity index (χ1v) is 18.1. The molecular weight excluding hydrogens is 656 g/mol. The molecule has 3 saturated heterocycles. The minimum Gasteiger partial charge on any atom is -0.379 e. The molecule has 1 unspecified atom stereocenters. The highest BCUT2D eigenvalue weighted by molar-refractivity contribution is 6.00. The van der Waals surface area contributed by atoms with Gasteiger partial charge in [0.15, 0.2) is 5.82 Å². The average Bonchev–Trinajstić information content (AvgIpc) is 3.80. The predicted octanol–water partition coefficient (Wildman–Crippen LogP) is 3.70. The Kier molecular flexibility index (Phi) is 9.63. The highest BCUT2D eigenvalue weighted by Gasteiger charge is 2.46. The molecule has 3 aromatic heterocycles. The summed E-state index contributed by atoms with van der Waals surface area (Å²) >= 11 is 0. The Morgan fingerprint density at radius 1 is 0.846 bits per heavy atom. The number of benzene rings is 2. The first kappa shape index (κ1) is 33.9. The fraction of sp³-hybridized carbons (Fsp3) is 0.385. The smallest absolute Gasteiger partial charge is 0.236 e. The third kappa shape index (κ3) is 7.25. The summed E-state index contributed by atoms with van der Waals surface area (Å²) in [6.07, 6.45) is 5.95. The molecule has 2 amide bonds. The van der Waals surface area contributed by atoms with Crippen molar-refractivity contribution in [2.24, 2.45) is 5.41 Å². The summed E-state index contributed by atoms with van der Waals surface area (Å²) in [6, 6.07) is 19.9. The topological polar surface area (TPSA) is 136 Å². The van der Waals surface area contributed by atoms with E-state index in [0.29, 0.717) is 64.7 Å². The monoisotopic (exact) mass is 700 g/mol. The highest BCUT2D eigenvalue weighted by Crippen LogP contribution is 2.35. The van der Waals surface area contributed by atoms with Gasteiger partial charge in [-0.2, -0.15) is 5.10 Å². The van der Waals surface area contributed by atoms with E-state index in [9.17, 15) is 9.59 Å². The number of carbonyl (C=O) groups excluding carboxylic acids is 2. The Morgan fingerprint density at radius 3 is 2.40 bits per heavy atom. The van der Waals surface area contributed by atoms with E-state index in [2.05, 4.69) is 57.3 Å². The zero-order chi connectivity index (χ0) is 35.5. The van der Waals surface area contributed by atoms with Crippen molar-refractivity contribution < 1.29 is 14.3 Å². The number of hydrogen-bond donors (Lipinski definition) is 2. The third-order valence-corrected chi connectivity index (χ3v) is 10.6. The molecule has 0 bridgehead atoms. The van der Waals surface area contributed by atoms with Crippen molar-refractivity contribution in [1.29, 1.82) is 0 Å². The van der Waals surface area contributed by atoms with Crippen molar-refractivity contribution in [2.75, 3.05) is 88.9 Å². The molecule has 13 nitrogen and oxygen atoms in total. The lowest BCUT2D eigenvalue weighted by atomic mass is 9.85. The Bertz CT molecular complexity index is 2020. The van der Waals surface area contributed by atoms with Crippen LogP contribution in [0.1, 0.15) is 12.1 Å². The fourth-order valence-corrected chi connectivity index (χ4v) is 7.71. The van der Waals surface area contributed by atoms with Crippen molar-refractivity contribution in [2.45, 2.75) is 13.3 Å². The number of ether oxygens (including phenoxy) is 1. The fourth-order valence-electron chi connectivity index (χ4n) is 7.71. The number of fused-ring (bicyclic) bond motifs is 1. The second kappa shape index (κ2) is 14.8. The second-order valence-electron chi connectivity index (χ2n) is 14.1. The lowest BCUT2D eigenvalue weighted by molar-refractivity contribution is -0.133. The van der Waals surface area contributed by atoms with Crippen molar-refractivity contribution in [3.05, 3.63) is 84.9 Å². The van der Waals surface area contributed by atoms with Gasteiger partial charge in [0.05, 0.1) is 30.7 Å². The molecule has 0 saturated carbocycles. The molecule has 3 fully saturated rings. The number of carbonyl (C=O) groups is 2. The molecule has 0 aliphatic carbocycles. The SMILES string of the molecule is Cc1cc(-c2n[nH]c3ccc(NC(=O)C4(CN5CCOCC5)CCN(CC(=O)N5CCN(c6ccc(-c7ncccn7)cc6)CC5)C4)cc23)ccn1. The number of anilines is 2. The molecule has 52 heavy (non-hydrogen) atoms. The molecule has 0 radical (unpaired) electrons. The standard InChI is InChI=1S/C39H44N10O3/c1-28-23-30(9-13-40-28)36-33-24-31(5-8-34(33)44-45-36)43-38(51)39(26-46-19-21-52-22-20-46)10-14-47(27-39)25-35(50)49-17-15-48(16-18-49)32-6-3-29(4-7-32)37-41-11-2-12-42-37/h2-9,11-13,23-24H,10,14-22,25-27H2,1H3,(H,43,51)(H,44,45). The number of piperazine rings is 1. The summed E-state index contributed by atoms with van der Waals surface area (Å²) in [4.78, 5) is 49.8. The van der Waals surface area contributed by atoms with Crippen LogP contribution in [-0.4, -0.2) is 130 Å². The normalized spacial score (nSPS) is 20.0. The number of nitrogens with one attached hydrogen (secondary N) is 2. The summed E-state index contributed by atoms with van der Waals surface area (Å²) in [6.45, 7) is 9.84. The van der Waals surface area contributed by atoms with E-state index >= 15 is 0 Å². The van der Waals surface area contributed by atoms with Gasteiger partial charge < -0.3 is 19.9 Å².